The Morgan fingerprint density at radius 1 is 1.00 bits per heavy atom. The molecule has 108 valence electrons. The van der Waals surface area contributed by atoms with Gasteiger partial charge in [-0.15, -0.1) is 0 Å². The van der Waals surface area contributed by atoms with Crippen LogP contribution in [0.5, 0.6) is 0 Å². The van der Waals surface area contributed by atoms with Crippen molar-refractivity contribution in [2.45, 2.75) is 6.04 Å². The minimum absolute atomic E-state index is 0.115. The molecule has 0 spiro atoms. The van der Waals surface area contributed by atoms with Crippen LogP contribution >= 0.6 is 34.8 Å². The first-order valence-corrected chi connectivity index (χ1v) is 7.50. The van der Waals surface area contributed by atoms with Crippen LogP contribution in [0, 0.1) is 0 Å². The van der Waals surface area contributed by atoms with Crippen molar-refractivity contribution in [3.63, 3.8) is 0 Å². The second kappa shape index (κ2) is 5.76. The number of nitrogens with zero attached hydrogens (tertiary/aromatic N) is 2. The van der Waals surface area contributed by atoms with E-state index in [2.05, 4.69) is 4.99 Å². The molecule has 6 heteroatoms. The summed E-state index contributed by atoms with van der Waals surface area (Å²) in [4.78, 5) is 6.21. The molecular weight excluding hydrogens is 329 g/mol. The van der Waals surface area contributed by atoms with Gasteiger partial charge in [-0.2, -0.15) is 0 Å². The molecule has 0 aromatic heterocycles. The summed E-state index contributed by atoms with van der Waals surface area (Å²) in [6, 6.07) is 12.9. The number of aliphatic imine (C=N–C) groups is 1. The molecule has 2 N–H and O–H groups in total. The van der Waals surface area contributed by atoms with Crippen molar-refractivity contribution in [3.05, 3.63) is 63.1 Å². The molecule has 1 aliphatic rings. The van der Waals surface area contributed by atoms with Gasteiger partial charge in [0.1, 0.15) is 0 Å². The van der Waals surface area contributed by atoms with Crippen molar-refractivity contribution in [2.24, 2.45) is 10.7 Å². The van der Waals surface area contributed by atoms with Crippen LogP contribution in [0.25, 0.3) is 0 Å². The van der Waals surface area contributed by atoms with E-state index in [1.165, 1.54) is 0 Å². The van der Waals surface area contributed by atoms with E-state index in [1.807, 2.05) is 41.3 Å². The number of hydrogen-bond acceptors (Lipinski definition) is 3. The maximum atomic E-state index is 6.33. The summed E-state index contributed by atoms with van der Waals surface area (Å²) >= 11 is 18.7. The molecule has 0 fully saturated rings. The van der Waals surface area contributed by atoms with Gasteiger partial charge < -0.3 is 10.6 Å². The summed E-state index contributed by atoms with van der Waals surface area (Å²) in [5.74, 6) is 0.421. The predicted octanol–water partition coefficient (Wildman–Crippen LogP) is 4.52. The maximum absolute atomic E-state index is 6.33. The molecule has 2 aromatic carbocycles. The third-order valence-electron chi connectivity index (χ3n) is 3.44. The Morgan fingerprint density at radius 3 is 2.48 bits per heavy atom. The van der Waals surface area contributed by atoms with Gasteiger partial charge in [-0.25, -0.2) is 0 Å². The summed E-state index contributed by atoms with van der Waals surface area (Å²) in [5.41, 5.74) is 7.72. The molecular formula is C15H12Cl3N3. The normalized spacial score (nSPS) is 18.0. The molecule has 0 bridgehead atoms. The van der Waals surface area contributed by atoms with E-state index in [1.54, 1.807) is 6.07 Å². The maximum Gasteiger partial charge on any atom is 0.196 e. The van der Waals surface area contributed by atoms with Crippen LogP contribution in [0.2, 0.25) is 15.1 Å². The molecule has 0 aliphatic carbocycles. The summed E-state index contributed by atoms with van der Waals surface area (Å²) in [6.07, 6.45) is 0. The van der Waals surface area contributed by atoms with E-state index >= 15 is 0 Å². The third-order valence-corrected chi connectivity index (χ3v) is 4.59. The molecule has 2 aromatic rings. The standard InChI is InChI=1S/C15H12Cl3N3/c16-10-5-1-2-7-12(10)21-13(8-20-15(21)19)9-4-3-6-11(17)14(9)18/h1-7,13H,8H2,(H2,19,20). The summed E-state index contributed by atoms with van der Waals surface area (Å²) in [7, 11) is 0. The summed E-state index contributed by atoms with van der Waals surface area (Å²) < 4.78 is 0. The van der Waals surface area contributed by atoms with Gasteiger partial charge in [-0.05, 0) is 23.8 Å². The quantitative estimate of drug-likeness (QED) is 0.873. The van der Waals surface area contributed by atoms with E-state index < -0.39 is 0 Å². The first kappa shape index (κ1) is 14.5. The molecule has 1 unspecified atom stereocenters. The lowest BCUT2D eigenvalue weighted by Gasteiger charge is -2.28. The Balaban J connectivity index is 2.08. The molecule has 0 saturated heterocycles. The number of para-hydroxylation sites is 1. The Hall–Kier alpha value is -1.42. The van der Waals surface area contributed by atoms with Crippen LogP contribution in [0.4, 0.5) is 5.69 Å². The van der Waals surface area contributed by atoms with Gasteiger partial charge in [0.05, 0.1) is 33.3 Å². The highest BCUT2D eigenvalue weighted by Crippen LogP contribution is 2.39. The molecule has 21 heavy (non-hydrogen) atoms. The van der Waals surface area contributed by atoms with E-state index in [0.29, 0.717) is 27.6 Å². The van der Waals surface area contributed by atoms with Crippen LogP contribution in [0.3, 0.4) is 0 Å². The molecule has 3 rings (SSSR count). The van der Waals surface area contributed by atoms with Gasteiger partial charge in [0.25, 0.3) is 0 Å². The zero-order valence-corrected chi connectivity index (χ0v) is 13.2. The van der Waals surface area contributed by atoms with Gasteiger partial charge in [-0.1, -0.05) is 59.1 Å². The Morgan fingerprint density at radius 2 is 1.71 bits per heavy atom. The number of halogens is 3. The highest BCUT2D eigenvalue weighted by atomic mass is 35.5. The number of guanidine groups is 1. The van der Waals surface area contributed by atoms with Crippen molar-refractivity contribution in [2.75, 3.05) is 11.4 Å². The first-order chi connectivity index (χ1) is 10.1. The molecule has 1 heterocycles. The highest BCUT2D eigenvalue weighted by Gasteiger charge is 2.31. The van der Waals surface area contributed by atoms with E-state index in [0.717, 1.165) is 11.3 Å². The largest absolute Gasteiger partial charge is 0.369 e. The SMILES string of the molecule is NC1=NCC(c2cccc(Cl)c2Cl)N1c1ccccc1Cl. The molecule has 1 aliphatic heterocycles. The average Bonchev–Trinajstić information content (AvgIpc) is 2.84. The number of anilines is 1. The predicted molar refractivity (Wildman–Crippen MR) is 89.6 cm³/mol. The number of hydrogen-bond donors (Lipinski definition) is 1. The van der Waals surface area contributed by atoms with Gasteiger partial charge >= 0.3 is 0 Å². The molecule has 0 radical (unpaired) electrons. The van der Waals surface area contributed by atoms with Crippen molar-refractivity contribution >= 4 is 46.4 Å². The fourth-order valence-electron chi connectivity index (χ4n) is 2.45. The number of rotatable bonds is 2. The van der Waals surface area contributed by atoms with Crippen molar-refractivity contribution in [1.82, 2.24) is 0 Å². The zero-order chi connectivity index (χ0) is 15.0. The Bertz CT molecular complexity index is 715. The fraction of sp³-hybridized carbons (Fsp3) is 0.133. The minimum Gasteiger partial charge on any atom is -0.369 e. The summed E-state index contributed by atoms with van der Waals surface area (Å²) in [5, 5.41) is 1.64. The Kier molecular flexibility index (Phi) is 3.98. The smallest absolute Gasteiger partial charge is 0.196 e. The average molecular weight is 341 g/mol. The molecule has 0 saturated carbocycles. The minimum atomic E-state index is -0.115. The van der Waals surface area contributed by atoms with Crippen molar-refractivity contribution in [1.29, 1.82) is 0 Å². The van der Waals surface area contributed by atoms with E-state index in [9.17, 15) is 0 Å². The first-order valence-electron chi connectivity index (χ1n) is 6.37. The van der Waals surface area contributed by atoms with Gasteiger partial charge in [0.15, 0.2) is 5.96 Å². The second-order valence-electron chi connectivity index (χ2n) is 4.68. The van der Waals surface area contributed by atoms with Gasteiger partial charge in [0.2, 0.25) is 0 Å². The topological polar surface area (TPSA) is 41.6 Å². The summed E-state index contributed by atoms with van der Waals surface area (Å²) in [6.45, 7) is 0.511. The lowest BCUT2D eigenvalue weighted by atomic mass is 10.1. The monoisotopic (exact) mass is 339 g/mol. The zero-order valence-electron chi connectivity index (χ0n) is 10.9. The number of nitrogens with two attached hydrogens (primary N) is 1. The molecule has 1 atom stereocenters. The van der Waals surface area contributed by atoms with E-state index in [4.69, 9.17) is 40.5 Å². The Labute approximate surface area is 137 Å². The molecule has 3 nitrogen and oxygen atoms in total. The fourth-order valence-corrected chi connectivity index (χ4v) is 3.11. The van der Waals surface area contributed by atoms with E-state index in [-0.39, 0.29) is 6.04 Å². The lowest BCUT2D eigenvalue weighted by Crippen LogP contribution is -2.36. The van der Waals surface area contributed by atoms with Crippen LogP contribution < -0.4 is 10.6 Å². The van der Waals surface area contributed by atoms with Crippen molar-refractivity contribution < 1.29 is 0 Å². The highest BCUT2D eigenvalue weighted by molar-refractivity contribution is 6.42. The van der Waals surface area contributed by atoms with Crippen LogP contribution in [-0.4, -0.2) is 12.5 Å². The van der Waals surface area contributed by atoms with Gasteiger partial charge in [-0.3, -0.25) is 4.99 Å². The lowest BCUT2D eigenvalue weighted by molar-refractivity contribution is 0.769. The third kappa shape index (κ3) is 2.57. The van der Waals surface area contributed by atoms with Crippen LogP contribution in [-0.2, 0) is 0 Å². The van der Waals surface area contributed by atoms with Crippen LogP contribution in [0.15, 0.2) is 47.5 Å². The van der Waals surface area contributed by atoms with Crippen LogP contribution in [0.1, 0.15) is 11.6 Å². The van der Waals surface area contributed by atoms with Crippen molar-refractivity contribution in [3.8, 4) is 0 Å². The number of benzene rings is 2. The molecule has 0 amide bonds. The van der Waals surface area contributed by atoms with Gasteiger partial charge in [0, 0.05) is 0 Å². The second-order valence-corrected chi connectivity index (χ2v) is 5.87.